The molecule has 3 aromatic rings. The third-order valence-corrected chi connectivity index (χ3v) is 3.40. The molecule has 3 rings (SSSR count). The molecule has 0 radical (unpaired) electrons. The minimum atomic E-state index is 0.309. The molecule has 0 saturated carbocycles. The predicted octanol–water partition coefficient (Wildman–Crippen LogP) is 4.57. The summed E-state index contributed by atoms with van der Waals surface area (Å²) in [6.45, 7) is 0. The van der Waals surface area contributed by atoms with E-state index in [1.54, 1.807) is 6.20 Å². The molecule has 1 N–H and O–H groups in total. The first-order valence-corrected chi connectivity index (χ1v) is 7.04. The molecule has 0 atom stereocenters. The summed E-state index contributed by atoms with van der Waals surface area (Å²) in [6, 6.07) is 17.2. The molecule has 0 aliphatic heterocycles. The number of benzene rings is 2. The van der Waals surface area contributed by atoms with Crippen LogP contribution in [0.15, 0.2) is 63.6 Å². The normalized spacial score (nSPS) is 11.3. The smallest absolute Gasteiger partial charge is 0.239 e. The number of anilines is 1. The summed E-state index contributed by atoms with van der Waals surface area (Å²) in [7, 11) is 0. The van der Waals surface area contributed by atoms with Crippen molar-refractivity contribution < 1.29 is 4.42 Å². The van der Waals surface area contributed by atoms with E-state index >= 15 is 0 Å². The Balaban J connectivity index is 1.89. The van der Waals surface area contributed by atoms with Gasteiger partial charge in [0.15, 0.2) is 5.58 Å². The lowest BCUT2D eigenvalue weighted by Crippen LogP contribution is -1.90. The number of nitrogens with zero attached hydrogens (tertiary/aromatic N) is 2. The SMILES string of the molecule is N#CC(=CNc1ccc(Br)cc1)c1nc2ccccc2o1. The maximum atomic E-state index is 9.26. The van der Waals surface area contributed by atoms with Crippen LogP contribution < -0.4 is 5.32 Å². The van der Waals surface area contributed by atoms with Crippen LogP contribution in [0.25, 0.3) is 16.7 Å². The Labute approximate surface area is 129 Å². The van der Waals surface area contributed by atoms with Crippen LogP contribution in [0.5, 0.6) is 0 Å². The Morgan fingerprint density at radius 1 is 1.19 bits per heavy atom. The number of aromatic nitrogens is 1. The number of oxazole rings is 1. The van der Waals surface area contributed by atoms with Crippen LogP contribution in [-0.2, 0) is 0 Å². The van der Waals surface area contributed by atoms with E-state index in [4.69, 9.17) is 4.42 Å². The number of allylic oxidation sites excluding steroid dienone is 1. The van der Waals surface area contributed by atoms with Crippen LogP contribution in [0.3, 0.4) is 0 Å². The highest BCUT2D eigenvalue weighted by Gasteiger charge is 2.09. The van der Waals surface area contributed by atoms with Gasteiger partial charge in [0.05, 0.1) is 0 Å². The van der Waals surface area contributed by atoms with E-state index in [0.717, 1.165) is 15.7 Å². The minimum Gasteiger partial charge on any atom is -0.435 e. The van der Waals surface area contributed by atoms with Crippen LogP contribution in [0, 0.1) is 11.3 Å². The standard InChI is InChI=1S/C16H10BrN3O/c17-12-5-7-13(8-6-12)19-10-11(9-18)16-20-14-3-1-2-4-15(14)21-16/h1-8,10,19H. The van der Waals surface area contributed by atoms with E-state index in [2.05, 4.69) is 32.3 Å². The van der Waals surface area contributed by atoms with Crippen molar-refractivity contribution in [3.63, 3.8) is 0 Å². The van der Waals surface area contributed by atoms with Crippen molar-refractivity contribution in [2.45, 2.75) is 0 Å². The molecule has 21 heavy (non-hydrogen) atoms. The largest absolute Gasteiger partial charge is 0.435 e. The lowest BCUT2D eigenvalue weighted by molar-refractivity contribution is 0.586. The maximum absolute atomic E-state index is 9.26. The summed E-state index contributed by atoms with van der Waals surface area (Å²) in [6.07, 6.45) is 1.59. The van der Waals surface area contributed by atoms with E-state index in [1.165, 1.54) is 0 Å². The molecule has 0 unspecified atom stereocenters. The number of para-hydroxylation sites is 2. The van der Waals surface area contributed by atoms with Gasteiger partial charge in [-0.3, -0.25) is 0 Å². The van der Waals surface area contributed by atoms with Gasteiger partial charge in [-0.05, 0) is 36.4 Å². The molecule has 4 nitrogen and oxygen atoms in total. The van der Waals surface area contributed by atoms with E-state index in [1.807, 2.05) is 48.5 Å². The van der Waals surface area contributed by atoms with Crippen LogP contribution in [0.2, 0.25) is 0 Å². The first-order chi connectivity index (χ1) is 10.3. The number of fused-ring (bicyclic) bond motifs is 1. The van der Waals surface area contributed by atoms with Gasteiger partial charge in [-0.25, -0.2) is 4.98 Å². The molecule has 0 fully saturated rings. The lowest BCUT2D eigenvalue weighted by Gasteiger charge is -2.00. The fraction of sp³-hybridized carbons (Fsp3) is 0. The minimum absolute atomic E-state index is 0.309. The molecule has 0 aliphatic rings. The lowest BCUT2D eigenvalue weighted by atomic mass is 10.3. The maximum Gasteiger partial charge on any atom is 0.239 e. The van der Waals surface area contributed by atoms with Crippen LogP contribution in [0.4, 0.5) is 5.69 Å². The molecule has 0 bridgehead atoms. The molecule has 1 aromatic heterocycles. The number of hydrogen-bond donors (Lipinski definition) is 1. The van der Waals surface area contributed by atoms with E-state index in [9.17, 15) is 5.26 Å². The fourth-order valence-electron chi connectivity index (χ4n) is 1.83. The van der Waals surface area contributed by atoms with Crippen molar-refractivity contribution in [2.24, 2.45) is 0 Å². The topological polar surface area (TPSA) is 61.9 Å². The fourth-order valence-corrected chi connectivity index (χ4v) is 2.10. The summed E-state index contributed by atoms with van der Waals surface area (Å²) >= 11 is 3.37. The third-order valence-electron chi connectivity index (χ3n) is 2.87. The molecule has 5 heteroatoms. The average molecular weight is 340 g/mol. The zero-order valence-electron chi connectivity index (χ0n) is 10.9. The van der Waals surface area contributed by atoms with Crippen molar-refractivity contribution in [1.82, 2.24) is 4.98 Å². The molecule has 1 heterocycles. The van der Waals surface area contributed by atoms with Crippen molar-refractivity contribution >= 4 is 38.3 Å². The molecule has 0 saturated heterocycles. The van der Waals surface area contributed by atoms with Crippen molar-refractivity contribution in [2.75, 3.05) is 5.32 Å². The number of nitrogens with one attached hydrogen (secondary N) is 1. The number of rotatable bonds is 3. The Morgan fingerprint density at radius 2 is 1.95 bits per heavy atom. The highest BCUT2D eigenvalue weighted by atomic mass is 79.9. The van der Waals surface area contributed by atoms with E-state index in [0.29, 0.717) is 17.0 Å². The Kier molecular flexibility index (Phi) is 3.71. The monoisotopic (exact) mass is 339 g/mol. The average Bonchev–Trinajstić information content (AvgIpc) is 2.93. The second kappa shape index (κ2) is 5.81. The van der Waals surface area contributed by atoms with Gasteiger partial charge in [-0.15, -0.1) is 0 Å². The summed E-state index contributed by atoms with van der Waals surface area (Å²) in [5.74, 6) is 0.309. The first-order valence-electron chi connectivity index (χ1n) is 6.24. The van der Waals surface area contributed by atoms with Gasteiger partial charge in [-0.2, -0.15) is 5.26 Å². The van der Waals surface area contributed by atoms with Gasteiger partial charge in [0, 0.05) is 16.4 Å². The van der Waals surface area contributed by atoms with Crippen molar-refractivity contribution in [3.8, 4) is 6.07 Å². The molecule has 102 valence electrons. The molecular formula is C16H10BrN3O. The predicted molar refractivity (Wildman–Crippen MR) is 85.4 cm³/mol. The second-order valence-corrected chi connectivity index (χ2v) is 5.22. The number of halogens is 1. The zero-order valence-corrected chi connectivity index (χ0v) is 12.5. The second-order valence-electron chi connectivity index (χ2n) is 4.31. The zero-order chi connectivity index (χ0) is 14.7. The molecular weight excluding hydrogens is 330 g/mol. The quantitative estimate of drug-likeness (QED) is 0.710. The van der Waals surface area contributed by atoms with Crippen molar-refractivity contribution in [3.05, 3.63) is 65.1 Å². The highest BCUT2D eigenvalue weighted by molar-refractivity contribution is 9.10. The van der Waals surface area contributed by atoms with Crippen molar-refractivity contribution in [1.29, 1.82) is 5.26 Å². The molecule has 0 amide bonds. The Bertz CT molecular complexity index is 811. The molecule has 2 aromatic carbocycles. The van der Waals surface area contributed by atoms with Gasteiger partial charge in [0.25, 0.3) is 0 Å². The first kappa shape index (κ1) is 13.4. The van der Waals surface area contributed by atoms with Gasteiger partial charge in [0.2, 0.25) is 5.89 Å². The van der Waals surface area contributed by atoms with E-state index < -0.39 is 0 Å². The van der Waals surface area contributed by atoms with Gasteiger partial charge >= 0.3 is 0 Å². The van der Waals surface area contributed by atoms with Gasteiger partial charge < -0.3 is 9.73 Å². The van der Waals surface area contributed by atoms with Crippen LogP contribution in [-0.4, -0.2) is 4.98 Å². The Morgan fingerprint density at radius 3 is 2.67 bits per heavy atom. The summed E-state index contributed by atoms with van der Waals surface area (Å²) in [5, 5.41) is 12.3. The van der Waals surface area contributed by atoms with E-state index in [-0.39, 0.29) is 0 Å². The number of hydrogen-bond acceptors (Lipinski definition) is 4. The summed E-state index contributed by atoms with van der Waals surface area (Å²) in [4.78, 5) is 4.31. The number of nitriles is 1. The summed E-state index contributed by atoms with van der Waals surface area (Å²) in [5.41, 5.74) is 2.62. The summed E-state index contributed by atoms with van der Waals surface area (Å²) < 4.78 is 6.58. The van der Waals surface area contributed by atoms with Gasteiger partial charge in [-0.1, -0.05) is 28.1 Å². The van der Waals surface area contributed by atoms with Crippen LogP contribution in [0.1, 0.15) is 5.89 Å². The Hall–Kier alpha value is -2.58. The molecule has 0 aliphatic carbocycles. The van der Waals surface area contributed by atoms with Gasteiger partial charge in [0.1, 0.15) is 17.2 Å². The molecule has 0 spiro atoms. The third kappa shape index (κ3) is 2.96. The van der Waals surface area contributed by atoms with Crippen LogP contribution >= 0.6 is 15.9 Å². The highest BCUT2D eigenvalue weighted by Crippen LogP contribution is 2.21.